The molecule has 0 unspecified atom stereocenters. The van der Waals surface area contributed by atoms with Crippen LogP contribution in [0, 0.1) is 6.92 Å². The highest BCUT2D eigenvalue weighted by molar-refractivity contribution is 6.31. The van der Waals surface area contributed by atoms with E-state index < -0.39 is 24.2 Å². The Morgan fingerprint density at radius 3 is 2.33 bits per heavy atom. The van der Waals surface area contributed by atoms with E-state index in [1.54, 1.807) is 44.2 Å². The molecule has 4 rings (SSSR count). The molecule has 1 aromatic heterocycles. The summed E-state index contributed by atoms with van der Waals surface area (Å²) in [7, 11) is 0. The maximum absolute atomic E-state index is 12.6. The fourth-order valence-electron chi connectivity index (χ4n) is 4.02. The number of anilines is 1. The number of aromatic nitrogens is 1. The molecule has 202 valence electrons. The van der Waals surface area contributed by atoms with Crippen LogP contribution in [0.5, 0.6) is 0 Å². The van der Waals surface area contributed by atoms with Crippen LogP contribution in [0.1, 0.15) is 35.4 Å². The second-order valence-corrected chi connectivity index (χ2v) is 9.74. The van der Waals surface area contributed by atoms with Crippen molar-refractivity contribution >= 4 is 41.0 Å². The summed E-state index contributed by atoms with van der Waals surface area (Å²) >= 11 is 12.4. The lowest BCUT2D eigenvalue weighted by Crippen LogP contribution is -2.38. The van der Waals surface area contributed by atoms with Crippen LogP contribution in [-0.4, -0.2) is 28.4 Å². The van der Waals surface area contributed by atoms with Crippen molar-refractivity contribution < 1.29 is 24.0 Å². The molecule has 1 heterocycles. The number of carbonyl (C=O) groups is 2. The molecule has 0 aliphatic carbocycles. The van der Waals surface area contributed by atoms with Crippen molar-refractivity contribution in [3.8, 4) is 11.3 Å². The lowest BCUT2D eigenvalue weighted by molar-refractivity contribution is -0.139. The van der Waals surface area contributed by atoms with E-state index in [1.165, 1.54) is 0 Å². The summed E-state index contributed by atoms with van der Waals surface area (Å²) in [5.41, 5.74) is 3.88. The Morgan fingerprint density at radius 1 is 1.00 bits per heavy atom. The molecule has 4 aromatic rings. The largest absolute Gasteiger partial charge is 0.480 e. The lowest BCUT2D eigenvalue weighted by atomic mass is 10.0. The summed E-state index contributed by atoms with van der Waals surface area (Å²) in [5, 5.41) is 20.5. The van der Waals surface area contributed by atoms with E-state index in [1.807, 2.05) is 42.5 Å². The molecule has 3 aromatic carbocycles. The number of carboxylic acid groups (broad SMARTS) is 1. The first kappa shape index (κ1) is 28.2. The van der Waals surface area contributed by atoms with Crippen LogP contribution in [0.25, 0.3) is 11.3 Å². The lowest BCUT2D eigenvalue weighted by Gasteiger charge is -2.16. The molecule has 0 aliphatic heterocycles. The van der Waals surface area contributed by atoms with Gasteiger partial charge in [-0.15, -0.1) is 0 Å². The molecule has 2 atom stereocenters. The van der Waals surface area contributed by atoms with E-state index >= 15 is 0 Å². The summed E-state index contributed by atoms with van der Waals surface area (Å²) in [6, 6.07) is 20.8. The van der Waals surface area contributed by atoms with Crippen molar-refractivity contribution in [2.24, 2.45) is 0 Å². The highest BCUT2D eigenvalue weighted by Gasteiger charge is 2.21. The highest BCUT2D eigenvalue weighted by Crippen LogP contribution is 2.32. The Bertz CT molecular complexity index is 1460. The topological polar surface area (TPSA) is 114 Å². The van der Waals surface area contributed by atoms with Crippen molar-refractivity contribution in [1.29, 1.82) is 0 Å². The Morgan fingerprint density at radius 2 is 1.67 bits per heavy atom. The first-order chi connectivity index (χ1) is 18.7. The average Bonchev–Trinajstić information content (AvgIpc) is 3.27. The second kappa shape index (κ2) is 12.8. The van der Waals surface area contributed by atoms with Gasteiger partial charge in [-0.3, -0.25) is 10.1 Å². The Balaban J connectivity index is 1.40. The van der Waals surface area contributed by atoms with Gasteiger partial charge in [0.2, 0.25) is 0 Å². The molecule has 8 nitrogen and oxygen atoms in total. The van der Waals surface area contributed by atoms with Crippen molar-refractivity contribution in [2.45, 2.75) is 39.0 Å². The van der Waals surface area contributed by atoms with Gasteiger partial charge in [-0.05, 0) is 43.5 Å². The van der Waals surface area contributed by atoms with Gasteiger partial charge < -0.3 is 19.7 Å². The smallest absolute Gasteiger partial charge is 0.412 e. The van der Waals surface area contributed by atoms with Crippen LogP contribution in [0.4, 0.5) is 10.5 Å². The third-order valence-electron chi connectivity index (χ3n) is 6.17. The molecule has 39 heavy (non-hydrogen) atoms. The predicted molar refractivity (Wildman–Crippen MR) is 150 cm³/mol. The predicted octanol–water partition coefficient (Wildman–Crippen LogP) is 7.05. The zero-order valence-electron chi connectivity index (χ0n) is 21.3. The molecule has 3 N–H and O–H groups in total. The van der Waals surface area contributed by atoms with Gasteiger partial charge >= 0.3 is 12.1 Å². The minimum atomic E-state index is -0.963. The Kier molecular flexibility index (Phi) is 9.24. The number of ether oxygens (including phenoxy) is 1. The van der Waals surface area contributed by atoms with Gasteiger partial charge in [-0.2, -0.15) is 0 Å². The second-order valence-electron chi connectivity index (χ2n) is 8.93. The van der Waals surface area contributed by atoms with Crippen molar-refractivity contribution in [2.75, 3.05) is 5.32 Å². The SMILES string of the molecule is Cc1noc(-c2ccc(CN[C@H](Cc3ccccc3Cl)C(=O)O)cc2)c1NC(=O)O[C@H](C)c1ccccc1Cl. The molecular formula is C29H27Cl2N3O5. The van der Waals surface area contributed by atoms with Crippen LogP contribution in [0.2, 0.25) is 10.0 Å². The number of aryl methyl sites for hydroxylation is 1. The van der Waals surface area contributed by atoms with E-state index in [4.69, 9.17) is 32.5 Å². The van der Waals surface area contributed by atoms with Crippen molar-refractivity contribution in [1.82, 2.24) is 10.5 Å². The summed E-state index contributed by atoms with van der Waals surface area (Å²) < 4.78 is 11.0. The van der Waals surface area contributed by atoms with E-state index in [0.717, 1.165) is 11.1 Å². The molecular weight excluding hydrogens is 541 g/mol. The summed E-state index contributed by atoms with van der Waals surface area (Å²) in [4.78, 5) is 24.4. The first-order valence-electron chi connectivity index (χ1n) is 12.2. The number of carbonyl (C=O) groups excluding carboxylic acids is 1. The quantitative estimate of drug-likeness (QED) is 0.188. The van der Waals surface area contributed by atoms with E-state index in [-0.39, 0.29) is 6.42 Å². The number of benzene rings is 3. The van der Waals surface area contributed by atoms with Gasteiger partial charge in [-0.1, -0.05) is 89.0 Å². The van der Waals surface area contributed by atoms with Gasteiger partial charge in [0, 0.05) is 27.7 Å². The number of nitrogens with zero attached hydrogens (tertiary/aromatic N) is 1. The van der Waals surface area contributed by atoms with Crippen LogP contribution >= 0.6 is 23.2 Å². The van der Waals surface area contributed by atoms with Crippen LogP contribution in [0.15, 0.2) is 77.3 Å². The number of hydrogen-bond acceptors (Lipinski definition) is 6. The van der Waals surface area contributed by atoms with E-state index in [0.29, 0.717) is 44.9 Å². The number of nitrogens with one attached hydrogen (secondary N) is 2. The first-order valence-corrected chi connectivity index (χ1v) is 13.0. The number of aliphatic carboxylic acids is 1. The monoisotopic (exact) mass is 567 g/mol. The normalized spacial score (nSPS) is 12.5. The fraction of sp³-hybridized carbons (Fsp3) is 0.207. The fourth-order valence-corrected chi connectivity index (χ4v) is 4.52. The highest BCUT2D eigenvalue weighted by atomic mass is 35.5. The third kappa shape index (κ3) is 7.17. The molecule has 0 saturated carbocycles. The van der Waals surface area contributed by atoms with Gasteiger partial charge in [0.1, 0.15) is 23.5 Å². The number of hydrogen-bond donors (Lipinski definition) is 3. The van der Waals surface area contributed by atoms with Gasteiger partial charge in [0.15, 0.2) is 5.76 Å². The van der Waals surface area contributed by atoms with E-state index in [2.05, 4.69) is 15.8 Å². The van der Waals surface area contributed by atoms with Gasteiger partial charge in [0.05, 0.1) is 0 Å². The molecule has 1 amide bonds. The Labute approximate surface area is 235 Å². The number of rotatable bonds is 10. The summed E-state index contributed by atoms with van der Waals surface area (Å²) in [6.45, 7) is 3.77. The molecule has 0 aliphatic rings. The van der Waals surface area contributed by atoms with Gasteiger partial charge in [0.25, 0.3) is 0 Å². The minimum Gasteiger partial charge on any atom is -0.480 e. The summed E-state index contributed by atoms with van der Waals surface area (Å²) in [6.07, 6.45) is -0.986. The molecule has 0 radical (unpaired) electrons. The maximum Gasteiger partial charge on any atom is 0.412 e. The number of carboxylic acids is 1. The minimum absolute atomic E-state index is 0.255. The Hall–Kier alpha value is -3.85. The zero-order chi connectivity index (χ0) is 27.9. The van der Waals surface area contributed by atoms with E-state index in [9.17, 15) is 14.7 Å². The van der Waals surface area contributed by atoms with Crippen LogP contribution in [-0.2, 0) is 22.5 Å². The molecule has 0 saturated heterocycles. The number of halogens is 2. The summed E-state index contributed by atoms with van der Waals surface area (Å²) in [5.74, 6) is -0.591. The molecule has 0 bridgehead atoms. The number of amides is 1. The molecule has 0 spiro atoms. The van der Waals surface area contributed by atoms with Gasteiger partial charge in [-0.25, -0.2) is 4.79 Å². The maximum atomic E-state index is 12.6. The van der Waals surface area contributed by atoms with Crippen LogP contribution < -0.4 is 10.6 Å². The average molecular weight is 568 g/mol. The third-order valence-corrected chi connectivity index (χ3v) is 6.88. The zero-order valence-corrected chi connectivity index (χ0v) is 22.8. The molecule has 0 fully saturated rings. The van der Waals surface area contributed by atoms with Crippen molar-refractivity contribution in [3.63, 3.8) is 0 Å². The van der Waals surface area contributed by atoms with Crippen molar-refractivity contribution in [3.05, 3.63) is 105 Å². The standard InChI is InChI=1S/C29H27Cl2N3O5/c1-17-26(33-29(37)38-18(2)22-8-4-6-10-24(22)31)27(39-34-17)20-13-11-19(12-14-20)16-32-25(28(35)36)15-21-7-3-5-9-23(21)30/h3-14,18,25,32H,15-16H2,1-2H3,(H,33,37)(H,35,36)/t18-,25-/m1/s1. The molecule has 10 heteroatoms. The van der Waals surface area contributed by atoms with Crippen LogP contribution in [0.3, 0.4) is 0 Å².